The molecule has 16 heavy (non-hydrogen) atoms. The minimum absolute atomic E-state index is 0.115. The summed E-state index contributed by atoms with van der Waals surface area (Å²) in [4.78, 5) is 9.42. The first-order valence-corrected chi connectivity index (χ1v) is 4.84. The molecule has 0 fully saturated rings. The normalized spacial score (nSPS) is 11.0. The molecular weight excluding hydrogens is 288 g/mol. The van der Waals surface area contributed by atoms with Crippen LogP contribution in [0.2, 0.25) is 0 Å². The number of nitro groups is 1. The highest BCUT2D eigenvalue weighted by Crippen LogP contribution is 2.25. The van der Waals surface area contributed by atoms with E-state index >= 15 is 0 Å². The Bertz CT molecular complexity index is 423. The Balaban J connectivity index is 3.03. The van der Waals surface area contributed by atoms with Crippen LogP contribution in [0.25, 0.3) is 6.08 Å². The molecule has 1 rings (SSSR count). The van der Waals surface area contributed by atoms with Crippen molar-refractivity contribution in [1.29, 1.82) is 0 Å². The van der Waals surface area contributed by atoms with Gasteiger partial charge in [-0.15, -0.1) is 0 Å². The van der Waals surface area contributed by atoms with E-state index < -0.39 is 11.5 Å². The van der Waals surface area contributed by atoms with Gasteiger partial charge in [0, 0.05) is 16.1 Å². The van der Waals surface area contributed by atoms with Gasteiger partial charge in [-0.1, -0.05) is 15.9 Å². The lowest BCUT2D eigenvalue weighted by Crippen LogP contribution is -2.03. The fraction of sp³-hybridized carbons (Fsp3) is 0.111. The molecule has 0 saturated heterocycles. The van der Waals surface area contributed by atoms with E-state index in [1.54, 1.807) is 0 Å². The van der Waals surface area contributed by atoms with Crippen molar-refractivity contribution < 1.29 is 18.4 Å². The molecule has 0 radical (unpaired) electrons. The van der Waals surface area contributed by atoms with E-state index in [1.165, 1.54) is 18.2 Å². The van der Waals surface area contributed by atoms with Gasteiger partial charge in [-0.25, -0.2) is 0 Å². The van der Waals surface area contributed by atoms with Crippen molar-refractivity contribution >= 4 is 22.0 Å². The second-order valence-corrected chi connectivity index (χ2v) is 3.58. The van der Waals surface area contributed by atoms with E-state index in [-0.39, 0.29) is 11.3 Å². The summed E-state index contributed by atoms with van der Waals surface area (Å²) in [6, 6.07) is 4.24. The molecule has 86 valence electrons. The molecule has 1 aromatic carbocycles. The van der Waals surface area contributed by atoms with Crippen LogP contribution >= 0.6 is 15.9 Å². The van der Waals surface area contributed by atoms with Gasteiger partial charge in [0.1, 0.15) is 5.75 Å². The summed E-state index contributed by atoms with van der Waals surface area (Å²) in [6.07, 6.45) is 1.74. The summed E-state index contributed by atoms with van der Waals surface area (Å²) in [5, 5.41) is 10.1. The Morgan fingerprint density at radius 1 is 1.50 bits per heavy atom. The summed E-state index contributed by atoms with van der Waals surface area (Å²) >= 11 is 3.12. The Kier molecular flexibility index (Phi) is 4.36. The average Bonchev–Trinajstić information content (AvgIpc) is 2.17. The van der Waals surface area contributed by atoms with Crippen LogP contribution in [0.3, 0.4) is 0 Å². The van der Waals surface area contributed by atoms with E-state index in [1.807, 2.05) is 0 Å². The zero-order valence-electron chi connectivity index (χ0n) is 7.77. The number of benzene rings is 1. The number of ether oxygens (including phenoxy) is 1. The number of nitrogens with zero attached hydrogens (tertiary/aromatic N) is 1. The molecule has 0 aliphatic carbocycles. The molecule has 0 bridgehead atoms. The highest BCUT2D eigenvalue weighted by atomic mass is 79.9. The van der Waals surface area contributed by atoms with Crippen molar-refractivity contribution in [1.82, 2.24) is 0 Å². The number of hydrogen-bond donors (Lipinski definition) is 0. The van der Waals surface area contributed by atoms with Gasteiger partial charge >= 0.3 is 6.61 Å². The van der Waals surface area contributed by atoms with Crippen molar-refractivity contribution in [3.63, 3.8) is 0 Å². The van der Waals surface area contributed by atoms with Crippen molar-refractivity contribution in [2.75, 3.05) is 0 Å². The lowest BCUT2D eigenvalue weighted by Gasteiger charge is -2.07. The van der Waals surface area contributed by atoms with E-state index in [2.05, 4.69) is 20.7 Å². The summed E-state index contributed by atoms with van der Waals surface area (Å²) < 4.78 is 28.8. The smallest absolute Gasteiger partial charge is 0.387 e. The van der Waals surface area contributed by atoms with Crippen LogP contribution < -0.4 is 4.74 Å². The maximum absolute atomic E-state index is 12.0. The minimum Gasteiger partial charge on any atom is -0.434 e. The van der Waals surface area contributed by atoms with Crippen molar-refractivity contribution in [2.45, 2.75) is 6.61 Å². The van der Waals surface area contributed by atoms with E-state index in [4.69, 9.17) is 0 Å². The predicted molar refractivity (Wildman–Crippen MR) is 56.8 cm³/mol. The number of alkyl halides is 2. The zero-order valence-corrected chi connectivity index (χ0v) is 9.36. The van der Waals surface area contributed by atoms with Crippen LogP contribution in [0.1, 0.15) is 5.56 Å². The number of rotatable bonds is 4. The Labute approximate surface area is 97.8 Å². The molecule has 7 heteroatoms. The molecule has 0 saturated carbocycles. The van der Waals surface area contributed by atoms with Gasteiger partial charge in [0.15, 0.2) is 0 Å². The molecule has 0 atom stereocenters. The summed E-state index contributed by atoms with van der Waals surface area (Å²) in [7, 11) is 0. The molecule has 0 aliphatic heterocycles. The average molecular weight is 294 g/mol. The predicted octanol–water partition coefficient (Wildman–Crippen LogP) is 3.30. The first-order valence-electron chi connectivity index (χ1n) is 4.05. The maximum atomic E-state index is 12.0. The van der Waals surface area contributed by atoms with Gasteiger partial charge in [0.05, 0.1) is 4.92 Å². The van der Waals surface area contributed by atoms with Crippen molar-refractivity contribution in [2.24, 2.45) is 0 Å². The van der Waals surface area contributed by atoms with Gasteiger partial charge in [-0.05, 0) is 18.2 Å². The minimum atomic E-state index is -2.97. The fourth-order valence-corrected chi connectivity index (χ4v) is 1.37. The zero-order chi connectivity index (χ0) is 12.1. The molecular formula is C9H6BrF2NO3. The molecule has 0 heterocycles. The van der Waals surface area contributed by atoms with Crippen LogP contribution in [0.5, 0.6) is 5.75 Å². The molecule has 0 aliphatic rings. The second kappa shape index (κ2) is 5.55. The van der Waals surface area contributed by atoms with E-state index in [0.717, 1.165) is 6.08 Å². The molecule has 0 spiro atoms. The Morgan fingerprint density at radius 3 is 2.75 bits per heavy atom. The highest BCUT2D eigenvalue weighted by molar-refractivity contribution is 9.10. The third-order valence-electron chi connectivity index (χ3n) is 1.56. The Hall–Kier alpha value is -1.50. The second-order valence-electron chi connectivity index (χ2n) is 2.66. The monoisotopic (exact) mass is 293 g/mol. The van der Waals surface area contributed by atoms with Gasteiger partial charge < -0.3 is 4.74 Å². The highest BCUT2D eigenvalue weighted by Gasteiger charge is 2.08. The third-order valence-corrected chi connectivity index (χ3v) is 2.06. The lowest BCUT2D eigenvalue weighted by atomic mass is 10.2. The lowest BCUT2D eigenvalue weighted by molar-refractivity contribution is -0.400. The van der Waals surface area contributed by atoms with Crippen LogP contribution in [0.15, 0.2) is 28.9 Å². The van der Waals surface area contributed by atoms with E-state index in [9.17, 15) is 18.9 Å². The maximum Gasteiger partial charge on any atom is 0.387 e. The standard InChI is InChI=1S/C9H6BrF2NO3/c10-7-1-2-8(16-9(11)12)6(5-7)3-4-13(14)15/h1-5,9H. The summed E-state index contributed by atoms with van der Waals surface area (Å²) in [5.41, 5.74) is 0.200. The molecule has 0 unspecified atom stereocenters. The third kappa shape index (κ3) is 3.93. The fourth-order valence-electron chi connectivity index (χ4n) is 0.994. The molecule has 1 aromatic rings. The van der Waals surface area contributed by atoms with Gasteiger partial charge in [-0.2, -0.15) is 8.78 Å². The van der Waals surface area contributed by atoms with Crippen LogP contribution in [0, 0.1) is 10.1 Å². The first kappa shape index (κ1) is 12.6. The van der Waals surface area contributed by atoms with Crippen LogP contribution in [-0.4, -0.2) is 11.5 Å². The largest absolute Gasteiger partial charge is 0.434 e. The van der Waals surface area contributed by atoms with Crippen LogP contribution in [-0.2, 0) is 0 Å². The van der Waals surface area contributed by atoms with Crippen molar-refractivity contribution in [3.05, 3.63) is 44.5 Å². The first-order chi connectivity index (χ1) is 7.49. The quantitative estimate of drug-likeness (QED) is 0.632. The molecule has 4 nitrogen and oxygen atoms in total. The summed E-state index contributed by atoms with van der Waals surface area (Å²) in [6.45, 7) is -2.97. The van der Waals surface area contributed by atoms with Crippen molar-refractivity contribution in [3.8, 4) is 5.75 Å². The van der Waals surface area contributed by atoms with E-state index in [0.29, 0.717) is 10.7 Å². The number of halogens is 3. The Morgan fingerprint density at radius 2 is 2.19 bits per heavy atom. The summed E-state index contributed by atoms with van der Waals surface area (Å²) in [5.74, 6) is -0.115. The topological polar surface area (TPSA) is 52.4 Å². The number of hydrogen-bond acceptors (Lipinski definition) is 3. The van der Waals surface area contributed by atoms with Gasteiger partial charge in [0.25, 0.3) is 0 Å². The van der Waals surface area contributed by atoms with Gasteiger partial charge in [-0.3, -0.25) is 10.1 Å². The molecule has 0 aromatic heterocycles. The van der Waals surface area contributed by atoms with Crippen LogP contribution in [0.4, 0.5) is 8.78 Å². The molecule has 0 N–H and O–H groups in total. The molecule has 0 amide bonds. The van der Waals surface area contributed by atoms with Gasteiger partial charge in [0.2, 0.25) is 6.20 Å². The SMILES string of the molecule is O=[N+]([O-])C=Cc1cc(Br)ccc1OC(F)F.